The largest absolute Gasteiger partial charge is 0.494 e. The second kappa shape index (κ2) is 6.79. The predicted octanol–water partition coefficient (Wildman–Crippen LogP) is 2.55. The molecule has 1 aliphatic heterocycles. The number of nitrogens with zero attached hydrogens (tertiary/aromatic N) is 2. The summed E-state index contributed by atoms with van der Waals surface area (Å²) in [5.41, 5.74) is 0.663. The van der Waals surface area contributed by atoms with Crippen molar-refractivity contribution in [1.82, 2.24) is 10.3 Å². The summed E-state index contributed by atoms with van der Waals surface area (Å²) in [4.78, 5) is 18.8. The van der Waals surface area contributed by atoms with E-state index in [1.165, 1.54) is 0 Å². The molecule has 5 nitrogen and oxygen atoms in total. The standard InChI is InChI=1S/C16H19N3O2S/c1-2-21-14-5-3-12(4-6-14)15(20)18-13-7-9-19(11-13)16-17-8-10-22-16/h3-6,8,10,13H,2,7,9,11H2,1H3,(H,18,20). The van der Waals surface area contributed by atoms with Crippen LogP contribution in [0.2, 0.25) is 0 Å². The molecule has 22 heavy (non-hydrogen) atoms. The Hall–Kier alpha value is -2.08. The van der Waals surface area contributed by atoms with E-state index in [0.29, 0.717) is 12.2 Å². The van der Waals surface area contributed by atoms with E-state index in [1.807, 2.05) is 30.6 Å². The average molecular weight is 317 g/mol. The number of ether oxygens (including phenoxy) is 1. The Morgan fingerprint density at radius 2 is 2.27 bits per heavy atom. The first-order valence-corrected chi connectivity index (χ1v) is 8.32. The topological polar surface area (TPSA) is 54.5 Å². The van der Waals surface area contributed by atoms with Gasteiger partial charge in [-0.2, -0.15) is 0 Å². The van der Waals surface area contributed by atoms with Crippen molar-refractivity contribution in [3.63, 3.8) is 0 Å². The molecule has 0 aliphatic carbocycles. The molecule has 2 heterocycles. The maximum atomic E-state index is 12.3. The summed E-state index contributed by atoms with van der Waals surface area (Å²) in [6, 6.07) is 7.42. The van der Waals surface area contributed by atoms with Crippen molar-refractivity contribution in [2.24, 2.45) is 0 Å². The number of hydrogen-bond donors (Lipinski definition) is 1. The van der Waals surface area contributed by atoms with Crippen LogP contribution in [0, 0.1) is 0 Å². The minimum Gasteiger partial charge on any atom is -0.494 e. The van der Waals surface area contributed by atoms with E-state index in [2.05, 4.69) is 15.2 Å². The van der Waals surface area contributed by atoms with Gasteiger partial charge in [-0.05, 0) is 37.6 Å². The highest BCUT2D eigenvalue weighted by Gasteiger charge is 2.25. The third-order valence-electron chi connectivity index (χ3n) is 3.64. The van der Waals surface area contributed by atoms with Gasteiger partial charge in [0.25, 0.3) is 5.91 Å². The van der Waals surface area contributed by atoms with Gasteiger partial charge in [-0.1, -0.05) is 0 Å². The fourth-order valence-electron chi connectivity index (χ4n) is 2.56. The van der Waals surface area contributed by atoms with Crippen LogP contribution in [0.1, 0.15) is 23.7 Å². The van der Waals surface area contributed by atoms with E-state index in [0.717, 1.165) is 30.4 Å². The number of carbonyl (C=O) groups is 1. The van der Waals surface area contributed by atoms with Crippen LogP contribution in [0.4, 0.5) is 5.13 Å². The van der Waals surface area contributed by atoms with E-state index in [-0.39, 0.29) is 11.9 Å². The van der Waals surface area contributed by atoms with Crippen LogP contribution < -0.4 is 15.0 Å². The molecular formula is C16H19N3O2S. The van der Waals surface area contributed by atoms with Crippen molar-refractivity contribution in [1.29, 1.82) is 0 Å². The molecular weight excluding hydrogens is 298 g/mol. The maximum absolute atomic E-state index is 12.3. The van der Waals surface area contributed by atoms with E-state index < -0.39 is 0 Å². The van der Waals surface area contributed by atoms with E-state index >= 15 is 0 Å². The maximum Gasteiger partial charge on any atom is 0.251 e. The highest BCUT2D eigenvalue weighted by molar-refractivity contribution is 7.13. The summed E-state index contributed by atoms with van der Waals surface area (Å²) in [6.45, 7) is 4.31. The number of anilines is 1. The van der Waals surface area contributed by atoms with Crippen molar-refractivity contribution in [2.45, 2.75) is 19.4 Å². The summed E-state index contributed by atoms with van der Waals surface area (Å²) in [7, 11) is 0. The summed E-state index contributed by atoms with van der Waals surface area (Å²) in [5, 5.41) is 6.09. The minimum absolute atomic E-state index is 0.0333. The van der Waals surface area contributed by atoms with Crippen molar-refractivity contribution < 1.29 is 9.53 Å². The Bertz CT molecular complexity index is 613. The second-order valence-corrected chi connectivity index (χ2v) is 6.05. The molecule has 0 spiro atoms. The molecule has 1 unspecified atom stereocenters. The third-order valence-corrected chi connectivity index (χ3v) is 4.47. The lowest BCUT2D eigenvalue weighted by Gasteiger charge is -2.16. The molecule has 1 fully saturated rings. The molecule has 1 amide bonds. The molecule has 1 aromatic carbocycles. The van der Waals surface area contributed by atoms with Gasteiger partial charge in [0.05, 0.1) is 6.61 Å². The number of benzene rings is 1. The first kappa shape index (κ1) is 14.8. The van der Waals surface area contributed by atoms with Gasteiger partial charge in [-0.15, -0.1) is 11.3 Å². The van der Waals surface area contributed by atoms with Crippen molar-refractivity contribution in [3.05, 3.63) is 41.4 Å². The first-order chi connectivity index (χ1) is 10.8. The Balaban J connectivity index is 1.56. The van der Waals surface area contributed by atoms with E-state index in [4.69, 9.17) is 4.74 Å². The van der Waals surface area contributed by atoms with Gasteiger partial charge in [0.15, 0.2) is 5.13 Å². The SMILES string of the molecule is CCOc1ccc(C(=O)NC2CCN(c3nccs3)C2)cc1. The molecule has 1 aliphatic rings. The number of thiazole rings is 1. The van der Waals surface area contributed by atoms with Gasteiger partial charge >= 0.3 is 0 Å². The van der Waals surface area contributed by atoms with Gasteiger partial charge in [0.2, 0.25) is 0 Å². The monoisotopic (exact) mass is 317 g/mol. The molecule has 0 saturated carbocycles. The van der Waals surface area contributed by atoms with Gasteiger partial charge in [-0.25, -0.2) is 4.98 Å². The lowest BCUT2D eigenvalue weighted by atomic mass is 10.2. The van der Waals surface area contributed by atoms with Crippen molar-refractivity contribution in [2.75, 3.05) is 24.6 Å². The Labute approximate surface area is 133 Å². The quantitative estimate of drug-likeness (QED) is 0.921. The van der Waals surface area contributed by atoms with Crippen LogP contribution in [0.15, 0.2) is 35.8 Å². The molecule has 6 heteroatoms. The van der Waals surface area contributed by atoms with Crippen molar-refractivity contribution in [3.8, 4) is 5.75 Å². The number of nitrogens with one attached hydrogen (secondary N) is 1. The fraction of sp³-hybridized carbons (Fsp3) is 0.375. The van der Waals surface area contributed by atoms with Crippen LogP contribution >= 0.6 is 11.3 Å². The first-order valence-electron chi connectivity index (χ1n) is 7.44. The highest BCUT2D eigenvalue weighted by Crippen LogP contribution is 2.22. The van der Waals surface area contributed by atoms with Gasteiger partial charge in [0, 0.05) is 36.3 Å². The number of carbonyl (C=O) groups excluding carboxylic acids is 1. The zero-order chi connectivity index (χ0) is 15.4. The smallest absolute Gasteiger partial charge is 0.251 e. The van der Waals surface area contributed by atoms with Crippen LogP contribution in [0.3, 0.4) is 0 Å². The summed E-state index contributed by atoms with van der Waals surface area (Å²) < 4.78 is 5.39. The van der Waals surface area contributed by atoms with Crippen molar-refractivity contribution >= 4 is 22.4 Å². The highest BCUT2D eigenvalue weighted by atomic mass is 32.1. The molecule has 0 radical (unpaired) electrons. The van der Waals surface area contributed by atoms with Crippen LogP contribution in [0.25, 0.3) is 0 Å². The van der Waals surface area contributed by atoms with E-state index in [9.17, 15) is 4.79 Å². The third kappa shape index (κ3) is 3.39. The van der Waals surface area contributed by atoms with E-state index in [1.54, 1.807) is 23.5 Å². The number of rotatable bonds is 5. The number of aromatic nitrogens is 1. The predicted molar refractivity (Wildman–Crippen MR) is 87.8 cm³/mol. The fourth-order valence-corrected chi connectivity index (χ4v) is 3.24. The van der Waals surface area contributed by atoms with Crippen LogP contribution in [-0.4, -0.2) is 36.6 Å². The van der Waals surface area contributed by atoms with Crippen LogP contribution in [0.5, 0.6) is 5.75 Å². The molecule has 3 rings (SSSR count). The van der Waals surface area contributed by atoms with Gasteiger partial charge in [0.1, 0.15) is 5.75 Å². The Kier molecular flexibility index (Phi) is 4.58. The summed E-state index contributed by atoms with van der Waals surface area (Å²) >= 11 is 1.63. The van der Waals surface area contributed by atoms with Gasteiger partial charge < -0.3 is 15.0 Å². The lowest BCUT2D eigenvalue weighted by molar-refractivity contribution is 0.0940. The molecule has 0 bridgehead atoms. The lowest BCUT2D eigenvalue weighted by Crippen LogP contribution is -2.37. The molecule has 1 saturated heterocycles. The summed E-state index contributed by atoms with van der Waals surface area (Å²) in [6.07, 6.45) is 2.76. The average Bonchev–Trinajstić information content (AvgIpc) is 3.19. The van der Waals surface area contributed by atoms with Gasteiger partial charge in [-0.3, -0.25) is 4.79 Å². The molecule has 1 atom stereocenters. The number of hydrogen-bond acceptors (Lipinski definition) is 5. The summed E-state index contributed by atoms with van der Waals surface area (Å²) in [5.74, 6) is 0.754. The number of amides is 1. The molecule has 2 aromatic rings. The van der Waals surface area contributed by atoms with Crippen LogP contribution in [-0.2, 0) is 0 Å². The molecule has 116 valence electrons. The molecule has 1 N–H and O–H groups in total. The minimum atomic E-state index is -0.0333. The normalized spacial score (nSPS) is 17.5. The second-order valence-electron chi connectivity index (χ2n) is 5.18. The zero-order valence-electron chi connectivity index (χ0n) is 12.5. The Morgan fingerprint density at radius 3 is 2.95 bits per heavy atom. The molecule has 1 aromatic heterocycles. The zero-order valence-corrected chi connectivity index (χ0v) is 13.3. The Morgan fingerprint density at radius 1 is 1.45 bits per heavy atom.